The van der Waals surface area contributed by atoms with E-state index in [2.05, 4.69) is 5.32 Å². The molecule has 0 spiro atoms. The monoisotopic (exact) mass is 223 g/mol. The largest absolute Gasteiger partial charge is 0.382 e. The van der Waals surface area contributed by atoms with Crippen molar-refractivity contribution in [1.29, 1.82) is 0 Å². The number of amides is 1. The highest BCUT2D eigenvalue weighted by atomic mass is 35.5. The van der Waals surface area contributed by atoms with E-state index in [-0.39, 0.29) is 17.9 Å². The fraction of sp³-hybridized carbons (Fsp3) is 0.889. The van der Waals surface area contributed by atoms with Gasteiger partial charge in [-0.1, -0.05) is 6.92 Å². The van der Waals surface area contributed by atoms with Gasteiger partial charge in [0.1, 0.15) is 6.61 Å². The number of halogens is 1. The van der Waals surface area contributed by atoms with Crippen molar-refractivity contribution >= 4 is 17.5 Å². The van der Waals surface area contributed by atoms with Gasteiger partial charge < -0.3 is 14.8 Å². The van der Waals surface area contributed by atoms with Gasteiger partial charge in [0.2, 0.25) is 5.91 Å². The van der Waals surface area contributed by atoms with Crippen LogP contribution in [-0.2, 0) is 14.3 Å². The molecule has 1 unspecified atom stereocenters. The molecule has 0 saturated heterocycles. The van der Waals surface area contributed by atoms with Crippen molar-refractivity contribution < 1.29 is 14.3 Å². The zero-order valence-electron chi connectivity index (χ0n) is 8.72. The molecule has 0 aliphatic heterocycles. The van der Waals surface area contributed by atoms with Crippen LogP contribution in [0.5, 0.6) is 0 Å². The van der Waals surface area contributed by atoms with Gasteiger partial charge in [0, 0.05) is 13.7 Å². The third-order valence-corrected chi connectivity index (χ3v) is 2.09. The molecule has 0 aliphatic rings. The minimum atomic E-state index is -0.139. The van der Waals surface area contributed by atoms with E-state index in [0.29, 0.717) is 19.8 Å². The van der Waals surface area contributed by atoms with Crippen LogP contribution < -0.4 is 5.32 Å². The number of nitrogens with one attached hydrogen (secondary N) is 1. The summed E-state index contributed by atoms with van der Waals surface area (Å²) in [7, 11) is 1.59. The lowest BCUT2D eigenvalue weighted by molar-refractivity contribution is -0.126. The molecule has 4 nitrogen and oxygen atoms in total. The first-order valence-corrected chi connectivity index (χ1v) is 5.11. The van der Waals surface area contributed by atoms with E-state index in [9.17, 15) is 4.79 Å². The van der Waals surface area contributed by atoms with Crippen molar-refractivity contribution in [3.63, 3.8) is 0 Å². The highest BCUT2D eigenvalue weighted by molar-refractivity contribution is 6.20. The SMILES string of the molecule is CCC(Cl)CNC(=O)COCCOC. The quantitative estimate of drug-likeness (QED) is 0.489. The Bertz CT molecular complexity index is 155. The van der Waals surface area contributed by atoms with E-state index < -0.39 is 0 Å². The second kappa shape index (κ2) is 9.24. The fourth-order valence-corrected chi connectivity index (χ4v) is 0.804. The molecule has 1 atom stereocenters. The first-order chi connectivity index (χ1) is 6.70. The molecular formula is C9H18ClNO3. The van der Waals surface area contributed by atoms with Crippen molar-refractivity contribution in [2.24, 2.45) is 0 Å². The Morgan fingerprint density at radius 1 is 1.50 bits per heavy atom. The summed E-state index contributed by atoms with van der Waals surface area (Å²) in [5.41, 5.74) is 0. The number of hydrogen-bond acceptors (Lipinski definition) is 3. The summed E-state index contributed by atoms with van der Waals surface area (Å²) in [6.07, 6.45) is 0.840. The number of methoxy groups -OCH3 is 1. The number of hydrogen-bond donors (Lipinski definition) is 1. The second-order valence-electron chi connectivity index (χ2n) is 2.85. The highest BCUT2D eigenvalue weighted by Crippen LogP contribution is 1.97. The van der Waals surface area contributed by atoms with Crippen LogP contribution in [0.3, 0.4) is 0 Å². The zero-order valence-corrected chi connectivity index (χ0v) is 9.47. The maximum atomic E-state index is 11.1. The van der Waals surface area contributed by atoms with Crippen LogP contribution in [0.4, 0.5) is 0 Å². The van der Waals surface area contributed by atoms with Crippen molar-refractivity contribution in [1.82, 2.24) is 5.32 Å². The van der Waals surface area contributed by atoms with Gasteiger partial charge in [-0.3, -0.25) is 4.79 Å². The van der Waals surface area contributed by atoms with Crippen molar-refractivity contribution in [3.05, 3.63) is 0 Å². The Hall–Kier alpha value is -0.320. The number of carbonyl (C=O) groups is 1. The van der Waals surface area contributed by atoms with Gasteiger partial charge in [-0.2, -0.15) is 0 Å². The Morgan fingerprint density at radius 2 is 2.21 bits per heavy atom. The first kappa shape index (κ1) is 13.7. The molecule has 0 bridgehead atoms. The Morgan fingerprint density at radius 3 is 2.79 bits per heavy atom. The highest BCUT2D eigenvalue weighted by Gasteiger charge is 2.04. The van der Waals surface area contributed by atoms with E-state index in [0.717, 1.165) is 6.42 Å². The zero-order chi connectivity index (χ0) is 10.8. The maximum Gasteiger partial charge on any atom is 0.246 e. The normalized spacial score (nSPS) is 12.5. The molecular weight excluding hydrogens is 206 g/mol. The van der Waals surface area contributed by atoms with Crippen LogP contribution >= 0.6 is 11.6 Å². The van der Waals surface area contributed by atoms with E-state index in [4.69, 9.17) is 21.1 Å². The summed E-state index contributed by atoms with van der Waals surface area (Å²) in [6, 6.07) is 0. The predicted octanol–water partition coefficient (Wildman–Crippen LogP) is 0.783. The maximum absolute atomic E-state index is 11.1. The van der Waals surface area contributed by atoms with E-state index in [1.807, 2.05) is 6.92 Å². The van der Waals surface area contributed by atoms with E-state index >= 15 is 0 Å². The molecule has 1 N–H and O–H groups in total. The van der Waals surface area contributed by atoms with Crippen molar-refractivity contribution in [2.75, 3.05) is 33.5 Å². The molecule has 5 heteroatoms. The molecule has 14 heavy (non-hydrogen) atoms. The Labute approximate surface area is 89.9 Å². The molecule has 0 saturated carbocycles. The first-order valence-electron chi connectivity index (χ1n) is 4.68. The van der Waals surface area contributed by atoms with Crippen LogP contribution in [-0.4, -0.2) is 44.8 Å². The van der Waals surface area contributed by atoms with Crippen LogP contribution in [0, 0.1) is 0 Å². The molecule has 0 heterocycles. The van der Waals surface area contributed by atoms with Gasteiger partial charge in [-0.05, 0) is 6.42 Å². The Kier molecular flexibility index (Phi) is 9.03. The topological polar surface area (TPSA) is 47.6 Å². The summed E-state index contributed by atoms with van der Waals surface area (Å²) in [5.74, 6) is -0.139. The van der Waals surface area contributed by atoms with E-state index in [1.54, 1.807) is 7.11 Å². The average Bonchev–Trinajstić information content (AvgIpc) is 2.21. The summed E-state index contributed by atoms with van der Waals surface area (Å²) >= 11 is 5.82. The lowest BCUT2D eigenvalue weighted by Crippen LogP contribution is -2.32. The molecule has 0 rings (SSSR count). The van der Waals surface area contributed by atoms with Gasteiger partial charge in [0.25, 0.3) is 0 Å². The summed E-state index contributed by atoms with van der Waals surface area (Å²) < 4.78 is 9.78. The summed E-state index contributed by atoms with van der Waals surface area (Å²) in [4.78, 5) is 11.1. The van der Waals surface area contributed by atoms with Crippen LogP contribution in [0.2, 0.25) is 0 Å². The summed E-state index contributed by atoms with van der Waals surface area (Å²) in [6.45, 7) is 3.46. The van der Waals surface area contributed by atoms with Crippen LogP contribution in [0.15, 0.2) is 0 Å². The second-order valence-corrected chi connectivity index (χ2v) is 3.47. The van der Waals surface area contributed by atoms with Gasteiger partial charge in [0.05, 0.1) is 18.6 Å². The molecule has 0 aromatic carbocycles. The third-order valence-electron chi connectivity index (χ3n) is 1.63. The fourth-order valence-electron chi connectivity index (χ4n) is 0.727. The molecule has 0 aromatic heterocycles. The molecule has 0 fully saturated rings. The molecule has 0 radical (unpaired) electrons. The number of rotatable bonds is 8. The van der Waals surface area contributed by atoms with Gasteiger partial charge in [-0.15, -0.1) is 11.6 Å². The standard InChI is InChI=1S/C9H18ClNO3/c1-3-8(10)6-11-9(12)7-14-5-4-13-2/h8H,3-7H2,1-2H3,(H,11,12). The smallest absolute Gasteiger partial charge is 0.246 e. The van der Waals surface area contributed by atoms with Gasteiger partial charge in [0.15, 0.2) is 0 Å². The summed E-state index contributed by atoms with van der Waals surface area (Å²) in [5, 5.41) is 2.67. The van der Waals surface area contributed by atoms with Gasteiger partial charge >= 0.3 is 0 Å². The molecule has 0 aliphatic carbocycles. The lowest BCUT2D eigenvalue weighted by atomic mass is 10.3. The minimum Gasteiger partial charge on any atom is -0.382 e. The Balaban J connectivity index is 3.28. The van der Waals surface area contributed by atoms with Crippen molar-refractivity contribution in [3.8, 4) is 0 Å². The lowest BCUT2D eigenvalue weighted by Gasteiger charge is -2.08. The minimum absolute atomic E-state index is 0.00192. The molecule has 0 aromatic rings. The van der Waals surface area contributed by atoms with E-state index in [1.165, 1.54) is 0 Å². The third kappa shape index (κ3) is 8.29. The van der Waals surface area contributed by atoms with Crippen molar-refractivity contribution in [2.45, 2.75) is 18.7 Å². The molecule has 1 amide bonds. The predicted molar refractivity (Wildman–Crippen MR) is 55.6 cm³/mol. The molecule has 84 valence electrons. The number of ether oxygens (including phenoxy) is 2. The number of carbonyl (C=O) groups excluding carboxylic acids is 1. The van der Waals surface area contributed by atoms with Crippen LogP contribution in [0.1, 0.15) is 13.3 Å². The van der Waals surface area contributed by atoms with Gasteiger partial charge in [-0.25, -0.2) is 0 Å². The average molecular weight is 224 g/mol. The number of alkyl halides is 1. The van der Waals surface area contributed by atoms with Crippen LogP contribution in [0.25, 0.3) is 0 Å².